The van der Waals surface area contributed by atoms with Crippen molar-refractivity contribution in [3.05, 3.63) is 0 Å². The Kier molecular flexibility index (Phi) is 7.02. The second-order valence-corrected chi connectivity index (χ2v) is 5.21. The molecule has 0 aliphatic heterocycles. The van der Waals surface area contributed by atoms with Gasteiger partial charge in [-0.1, -0.05) is 6.92 Å². The standard InChI is InChI=1S/C11H24N2OS/c1-8(6-7-15-5)13(4)11(14)9(2)10(3)12/h8-10H,6-7,12H2,1-5H3. The number of hydrogen-bond acceptors (Lipinski definition) is 3. The largest absolute Gasteiger partial charge is 0.343 e. The van der Waals surface area contributed by atoms with E-state index in [1.807, 2.05) is 37.6 Å². The molecule has 15 heavy (non-hydrogen) atoms. The van der Waals surface area contributed by atoms with Crippen LogP contribution in [0.1, 0.15) is 27.2 Å². The van der Waals surface area contributed by atoms with Crippen molar-refractivity contribution in [1.82, 2.24) is 4.90 Å². The molecular weight excluding hydrogens is 208 g/mol. The molecule has 0 aromatic rings. The van der Waals surface area contributed by atoms with E-state index in [9.17, 15) is 4.79 Å². The molecule has 0 aliphatic carbocycles. The van der Waals surface area contributed by atoms with E-state index in [0.29, 0.717) is 6.04 Å². The first-order valence-electron chi connectivity index (χ1n) is 5.43. The summed E-state index contributed by atoms with van der Waals surface area (Å²) in [6, 6.07) is 0.221. The Morgan fingerprint density at radius 3 is 2.33 bits per heavy atom. The Morgan fingerprint density at radius 1 is 1.40 bits per heavy atom. The minimum atomic E-state index is -0.0910. The highest BCUT2D eigenvalue weighted by atomic mass is 32.2. The van der Waals surface area contributed by atoms with Crippen molar-refractivity contribution in [2.45, 2.75) is 39.3 Å². The van der Waals surface area contributed by atoms with Crippen LogP contribution in [0.15, 0.2) is 0 Å². The summed E-state index contributed by atoms with van der Waals surface area (Å²) in [5, 5.41) is 0. The van der Waals surface area contributed by atoms with Gasteiger partial charge in [-0.15, -0.1) is 0 Å². The highest BCUT2D eigenvalue weighted by Crippen LogP contribution is 2.11. The molecule has 3 nitrogen and oxygen atoms in total. The van der Waals surface area contributed by atoms with Gasteiger partial charge in [0.25, 0.3) is 0 Å². The molecule has 0 aliphatic rings. The number of rotatable bonds is 6. The van der Waals surface area contributed by atoms with Crippen LogP contribution < -0.4 is 5.73 Å². The number of carbonyl (C=O) groups is 1. The number of carbonyl (C=O) groups excluding carboxylic acids is 1. The third kappa shape index (κ3) is 4.89. The third-order valence-corrected chi connectivity index (χ3v) is 3.57. The fraction of sp³-hybridized carbons (Fsp3) is 0.909. The number of nitrogens with zero attached hydrogens (tertiary/aromatic N) is 1. The molecule has 0 aromatic carbocycles. The molecule has 1 amide bonds. The van der Waals surface area contributed by atoms with Crippen LogP contribution in [0.4, 0.5) is 0 Å². The predicted molar refractivity (Wildman–Crippen MR) is 68.0 cm³/mol. The van der Waals surface area contributed by atoms with E-state index in [1.54, 1.807) is 0 Å². The van der Waals surface area contributed by atoms with Crippen molar-refractivity contribution in [3.8, 4) is 0 Å². The monoisotopic (exact) mass is 232 g/mol. The molecule has 0 rings (SSSR count). The van der Waals surface area contributed by atoms with Crippen LogP contribution in [-0.4, -0.2) is 41.9 Å². The van der Waals surface area contributed by atoms with Crippen molar-refractivity contribution < 1.29 is 4.79 Å². The van der Waals surface area contributed by atoms with E-state index in [2.05, 4.69) is 13.2 Å². The van der Waals surface area contributed by atoms with E-state index in [-0.39, 0.29) is 17.9 Å². The van der Waals surface area contributed by atoms with E-state index < -0.39 is 0 Å². The molecule has 0 radical (unpaired) electrons. The van der Waals surface area contributed by atoms with Crippen molar-refractivity contribution in [1.29, 1.82) is 0 Å². The number of hydrogen-bond donors (Lipinski definition) is 1. The molecule has 0 aromatic heterocycles. The second kappa shape index (κ2) is 7.12. The SMILES string of the molecule is CSCCC(C)N(C)C(=O)C(C)C(C)N. The Morgan fingerprint density at radius 2 is 1.93 bits per heavy atom. The average molecular weight is 232 g/mol. The first-order chi connectivity index (χ1) is 6.91. The molecule has 0 heterocycles. The fourth-order valence-electron chi connectivity index (χ4n) is 1.25. The lowest BCUT2D eigenvalue weighted by Crippen LogP contribution is -2.43. The number of thioether (sulfide) groups is 1. The minimum absolute atomic E-state index is 0.0762. The van der Waals surface area contributed by atoms with Crippen LogP contribution >= 0.6 is 11.8 Å². The van der Waals surface area contributed by atoms with Crippen LogP contribution in [-0.2, 0) is 4.79 Å². The van der Waals surface area contributed by atoms with Crippen molar-refractivity contribution in [2.24, 2.45) is 11.7 Å². The summed E-state index contributed by atoms with van der Waals surface area (Å²) in [5.41, 5.74) is 5.72. The maximum Gasteiger partial charge on any atom is 0.226 e. The Labute approximate surface area is 97.8 Å². The molecule has 0 spiro atoms. The zero-order valence-corrected chi connectivity index (χ0v) is 11.3. The van der Waals surface area contributed by atoms with Gasteiger partial charge in [-0.2, -0.15) is 11.8 Å². The van der Waals surface area contributed by atoms with E-state index in [0.717, 1.165) is 12.2 Å². The van der Waals surface area contributed by atoms with Gasteiger partial charge in [0, 0.05) is 19.1 Å². The van der Waals surface area contributed by atoms with Crippen LogP contribution in [0.25, 0.3) is 0 Å². The summed E-state index contributed by atoms with van der Waals surface area (Å²) in [6.07, 6.45) is 3.12. The van der Waals surface area contributed by atoms with Gasteiger partial charge in [0.1, 0.15) is 0 Å². The predicted octanol–water partition coefficient (Wildman–Crippen LogP) is 1.57. The maximum atomic E-state index is 11.9. The second-order valence-electron chi connectivity index (χ2n) is 4.23. The van der Waals surface area contributed by atoms with Crippen molar-refractivity contribution in [2.75, 3.05) is 19.1 Å². The van der Waals surface area contributed by atoms with Crippen molar-refractivity contribution in [3.63, 3.8) is 0 Å². The molecule has 90 valence electrons. The Bertz CT molecular complexity index is 197. The minimum Gasteiger partial charge on any atom is -0.343 e. The summed E-state index contributed by atoms with van der Waals surface area (Å²) >= 11 is 1.81. The van der Waals surface area contributed by atoms with Gasteiger partial charge < -0.3 is 10.6 Å². The molecule has 4 heteroatoms. The molecular formula is C11H24N2OS. The van der Waals surface area contributed by atoms with Crippen LogP contribution in [0.2, 0.25) is 0 Å². The molecule has 2 N–H and O–H groups in total. The van der Waals surface area contributed by atoms with Gasteiger partial charge in [0.05, 0.1) is 5.92 Å². The van der Waals surface area contributed by atoms with Crippen molar-refractivity contribution >= 4 is 17.7 Å². The molecule has 0 bridgehead atoms. The lowest BCUT2D eigenvalue weighted by Gasteiger charge is -2.28. The summed E-state index contributed by atoms with van der Waals surface area (Å²) in [5.74, 6) is 1.15. The first-order valence-corrected chi connectivity index (χ1v) is 6.82. The normalized spacial score (nSPS) is 16.9. The van der Waals surface area contributed by atoms with Gasteiger partial charge in [0.2, 0.25) is 5.91 Å². The average Bonchev–Trinajstić information content (AvgIpc) is 2.22. The zero-order chi connectivity index (χ0) is 12.0. The Hall–Kier alpha value is -0.220. The first kappa shape index (κ1) is 14.8. The summed E-state index contributed by atoms with van der Waals surface area (Å²) < 4.78 is 0. The number of amides is 1. The fourth-order valence-corrected chi connectivity index (χ4v) is 1.82. The number of nitrogens with two attached hydrogens (primary N) is 1. The molecule has 0 fully saturated rings. The van der Waals surface area contributed by atoms with Gasteiger partial charge in [-0.05, 0) is 32.3 Å². The van der Waals surface area contributed by atoms with Crippen LogP contribution in [0.5, 0.6) is 0 Å². The molecule has 0 saturated carbocycles. The summed E-state index contributed by atoms with van der Waals surface area (Å²) in [6.45, 7) is 5.86. The third-order valence-electron chi connectivity index (χ3n) is 2.93. The highest BCUT2D eigenvalue weighted by Gasteiger charge is 2.23. The highest BCUT2D eigenvalue weighted by molar-refractivity contribution is 7.98. The molecule has 0 saturated heterocycles. The Balaban J connectivity index is 4.18. The van der Waals surface area contributed by atoms with Crippen LogP contribution in [0, 0.1) is 5.92 Å². The summed E-state index contributed by atoms with van der Waals surface area (Å²) in [7, 11) is 1.87. The lowest BCUT2D eigenvalue weighted by molar-refractivity contribution is -0.136. The smallest absolute Gasteiger partial charge is 0.226 e. The van der Waals surface area contributed by atoms with E-state index >= 15 is 0 Å². The summed E-state index contributed by atoms with van der Waals surface area (Å²) in [4.78, 5) is 13.8. The van der Waals surface area contributed by atoms with Gasteiger partial charge in [-0.3, -0.25) is 4.79 Å². The maximum absolute atomic E-state index is 11.9. The van der Waals surface area contributed by atoms with Gasteiger partial charge in [-0.25, -0.2) is 0 Å². The van der Waals surface area contributed by atoms with E-state index in [4.69, 9.17) is 5.73 Å². The quantitative estimate of drug-likeness (QED) is 0.756. The lowest BCUT2D eigenvalue weighted by atomic mass is 10.0. The molecule has 3 unspecified atom stereocenters. The van der Waals surface area contributed by atoms with Gasteiger partial charge >= 0.3 is 0 Å². The molecule has 3 atom stereocenters. The van der Waals surface area contributed by atoms with E-state index in [1.165, 1.54) is 0 Å². The van der Waals surface area contributed by atoms with Gasteiger partial charge in [0.15, 0.2) is 0 Å². The zero-order valence-electron chi connectivity index (χ0n) is 10.5. The van der Waals surface area contributed by atoms with Crippen LogP contribution in [0.3, 0.4) is 0 Å². The topological polar surface area (TPSA) is 46.3 Å².